The van der Waals surface area contributed by atoms with Gasteiger partial charge in [-0.3, -0.25) is 9.69 Å². The lowest BCUT2D eigenvalue weighted by atomic mass is 10.3. The Kier molecular flexibility index (Phi) is 10.4. The summed E-state index contributed by atoms with van der Waals surface area (Å²) in [4.78, 5) is 14.3. The molecule has 154 valence electrons. The van der Waals surface area contributed by atoms with Crippen LogP contribution in [0.2, 0.25) is 16.6 Å². The van der Waals surface area contributed by atoms with Crippen LogP contribution in [-0.2, 0) is 9.53 Å². The Labute approximate surface area is 163 Å². The number of hydrogen-bond acceptors (Lipinski definition) is 4. The van der Waals surface area contributed by atoms with Gasteiger partial charge in [-0.25, -0.2) is 0 Å². The van der Waals surface area contributed by atoms with E-state index in [1.54, 1.807) is 0 Å². The molecule has 0 aromatic heterocycles. The Morgan fingerprint density at radius 3 is 1.96 bits per heavy atom. The molecule has 0 spiro atoms. The van der Waals surface area contributed by atoms with Gasteiger partial charge >= 0.3 is 5.97 Å². The first-order valence-electron chi connectivity index (χ1n) is 11.0. The van der Waals surface area contributed by atoms with Crippen LogP contribution in [0.3, 0.4) is 0 Å². The molecule has 3 unspecified atom stereocenters. The van der Waals surface area contributed by atoms with E-state index in [9.17, 15) is 4.79 Å². The maximum absolute atomic E-state index is 11.8. The lowest BCUT2D eigenvalue weighted by Gasteiger charge is -2.56. The van der Waals surface area contributed by atoms with Crippen LogP contribution in [0.4, 0.5) is 0 Å². The van der Waals surface area contributed by atoms with E-state index in [2.05, 4.69) is 51.0 Å². The highest BCUT2D eigenvalue weighted by molar-refractivity contribution is 6.81. The fourth-order valence-corrected chi connectivity index (χ4v) is 13.0. The molecule has 1 rings (SSSR count). The first-order chi connectivity index (χ1) is 12.4. The van der Waals surface area contributed by atoms with Crippen molar-refractivity contribution in [3.8, 4) is 0 Å². The van der Waals surface area contributed by atoms with E-state index in [1.165, 1.54) is 32.2 Å². The number of carbonyl (C=O) groups is 1. The van der Waals surface area contributed by atoms with Gasteiger partial charge in [0.15, 0.2) is 0 Å². The third-order valence-electron chi connectivity index (χ3n) is 6.96. The van der Waals surface area contributed by atoms with Crippen LogP contribution < -0.4 is 0 Å². The van der Waals surface area contributed by atoms with Gasteiger partial charge in [-0.2, -0.15) is 0 Å². The molecule has 0 saturated carbocycles. The van der Waals surface area contributed by atoms with Crippen LogP contribution in [0.15, 0.2) is 0 Å². The maximum atomic E-state index is 11.8. The van der Waals surface area contributed by atoms with E-state index in [-0.39, 0.29) is 5.97 Å². The molecule has 1 aliphatic rings. The molecule has 0 bridgehead atoms. The summed E-state index contributed by atoms with van der Waals surface area (Å²) >= 11 is 0. The summed E-state index contributed by atoms with van der Waals surface area (Å²) in [5.74, 6) is -0.0566. The molecule has 0 aromatic carbocycles. The molecule has 0 aliphatic carbocycles. The summed E-state index contributed by atoms with van der Waals surface area (Å²) in [6.45, 7) is 21.3. The van der Waals surface area contributed by atoms with E-state index in [0.717, 1.165) is 36.4 Å². The Morgan fingerprint density at radius 1 is 0.962 bits per heavy atom. The van der Waals surface area contributed by atoms with Crippen LogP contribution >= 0.6 is 0 Å². The fraction of sp³-hybridized carbons (Fsp3) is 0.952. The Hall–Kier alpha value is -0.393. The normalized spacial score (nSPS) is 22.4. The summed E-state index contributed by atoms with van der Waals surface area (Å²) in [7, 11) is -1.64. The Bertz CT molecular complexity index is 392. The molecule has 26 heavy (non-hydrogen) atoms. The first kappa shape index (κ1) is 23.6. The minimum atomic E-state index is -1.64. The minimum Gasteiger partial charge on any atom is -0.466 e. The van der Waals surface area contributed by atoms with Crippen molar-refractivity contribution in [3.05, 3.63) is 0 Å². The molecule has 1 aliphatic heterocycles. The van der Waals surface area contributed by atoms with Gasteiger partial charge in [0.2, 0.25) is 0 Å². The summed E-state index contributed by atoms with van der Waals surface area (Å²) in [6, 6.07) is 0. The van der Waals surface area contributed by atoms with Gasteiger partial charge in [0, 0.05) is 19.8 Å². The first-order valence-corrected chi connectivity index (χ1v) is 13.2. The average molecular weight is 385 g/mol. The highest BCUT2D eigenvalue weighted by Gasteiger charge is 2.51. The SMILES string of the molecule is CCOC(=O)CCN1CCCN([Si](C(C)CC)(C(C)CC)C(C)CC)C1. The lowest BCUT2D eigenvalue weighted by Crippen LogP contribution is -2.65. The number of carbonyl (C=O) groups excluding carboxylic acids is 1. The number of hydrogen-bond donors (Lipinski definition) is 0. The molecular weight excluding hydrogens is 340 g/mol. The molecule has 0 radical (unpaired) electrons. The standard InChI is InChI=1S/C21H44N2O2Si/c1-8-18(5)26(19(6)9-2,20(7)10-3)23-15-12-14-22(17-23)16-13-21(24)25-11-4/h18-20H,8-17H2,1-7H3. The zero-order valence-corrected chi connectivity index (χ0v) is 19.5. The van der Waals surface area contributed by atoms with Gasteiger partial charge < -0.3 is 9.30 Å². The quantitative estimate of drug-likeness (QED) is 0.360. The monoisotopic (exact) mass is 384 g/mol. The summed E-state index contributed by atoms with van der Waals surface area (Å²) in [5, 5.41) is 0. The van der Waals surface area contributed by atoms with Crippen LogP contribution in [0.5, 0.6) is 0 Å². The molecular formula is C21H44N2O2Si. The van der Waals surface area contributed by atoms with Crippen molar-refractivity contribution in [1.82, 2.24) is 9.47 Å². The Morgan fingerprint density at radius 2 is 1.50 bits per heavy atom. The summed E-state index contributed by atoms with van der Waals surface area (Å²) in [6.07, 6.45) is 5.58. The molecule has 4 nitrogen and oxygen atoms in total. The van der Waals surface area contributed by atoms with E-state index in [0.29, 0.717) is 13.0 Å². The van der Waals surface area contributed by atoms with Gasteiger partial charge in [-0.15, -0.1) is 0 Å². The van der Waals surface area contributed by atoms with E-state index < -0.39 is 8.24 Å². The lowest BCUT2D eigenvalue weighted by molar-refractivity contribution is -0.143. The summed E-state index contributed by atoms with van der Waals surface area (Å²) < 4.78 is 8.04. The zero-order chi connectivity index (χ0) is 19.7. The molecule has 0 N–H and O–H groups in total. The van der Waals surface area contributed by atoms with Gasteiger partial charge in [-0.05, 0) is 36.5 Å². The number of nitrogens with zero attached hydrogens (tertiary/aromatic N) is 2. The third kappa shape index (κ3) is 5.32. The highest BCUT2D eigenvalue weighted by atomic mass is 28.3. The van der Waals surface area contributed by atoms with Crippen molar-refractivity contribution in [1.29, 1.82) is 0 Å². The fourth-order valence-electron chi connectivity index (χ4n) is 5.22. The second-order valence-electron chi connectivity index (χ2n) is 8.25. The van der Waals surface area contributed by atoms with Crippen molar-refractivity contribution < 1.29 is 9.53 Å². The molecule has 0 amide bonds. The Balaban J connectivity index is 2.99. The van der Waals surface area contributed by atoms with Crippen molar-refractivity contribution in [2.75, 3.05) is 32.9 Å². The highest BCUT2D eigenvalue weighted by Crippen LogP contribution is 2.48. The molecule has 1 heterocycles. The smallest absolute Gasteiger partial charge is 0.307 e. The van der Waals surface area contributed by atoms with Crippen LogP contribution in [0.25, 0.3) is 0 Å². The second kappa shape index (κ2) is 11.5. The molecule has 1 fully saturated rings. The van der Waals surface area contributed by atoms with Crippen molar-refractivity contribution >= 4 is 14.2 Å². The van der Waals surface area contributed by atoms with E-state index >= 15 is 0 Å². The van der Waals surface area contributed by atoms with Crippen molar-refractivity contribution in [2.45, 2.75) is 97.2 Å². The van der Waals surface area contributed by atoms with E-state index in [4.69, 9.17) is 4.74 Å². The van der Waals surface area contributed by atoms with E-state index in [1.807, 2.05) is 6.92 Å². The molecule has 0 aromatic rings. The largest absolute Gasteiger partial charge is 0.466 e. The van der Waals surface area contributed by atoms with Gasteiger partial charge in [-0.1, -0.05) is 60.8 Å². The van der Waals surface area contributed by atoms with Crippen molar-refractivity contribution in [2.24, 2.45) is 0 Å². The molecule has 5 heteroatoms. The minimum absolute atomic E-state index is 0.0566. The predicted octanol–water partition coefficient (Wildman–Crippen LogP) is 5.25. The van der Waals surface area contributed by atoms with Gasteiger partial charge in [0.1, 0.15) is 8.24 Å². The maximum Gasteiger partial charge on any atom is 0.307 e. The number of esters is 1. The topological polar surface area (TPSA) is 32.8 Å². The van der Waals surface area contributed by atoms with Gasteiger partial charge in [0.05, 0.1) is 13.0 Å². The third-order valence-corrected chi connectivity index (χ3v) is 14.4. The second-order valence-corrected chi connectivity index (χ2v) is 13.6. The van der Waals surface area contributed by atoms with Gasteiger partial charge in [0.25, 0.3) is 0 Å². The molecule has 3 atom stereocenters. The van der Waals surface area contributed by atoms with Crippen LogP contribution in [0, 0.1) is 0 Å². The van der Waals surface area contributed by atoms with Crippen molar-refractivity contribution in [3.63, 3.8) is 0 Å². The zero-order valence-electron chi connectivity index (χ0n) is 18.5. The predicted molar refractivity (Wildman–Crippen MR) is 114 cm³/mol. The molecule has 1 saturated heterocycles. The number of rotatable bonds is 11. The van der Waals surface area contributed by atoms with Crippen LogP contribution in [0.1, 0.15) is 80.6 Å². The van der Waals surface area contributed by atoms with Crippen LogP contribution in [-0.4, -0.2) is 56.6 Å². The average Bonchev–Trinajstić information content (AvgIpc) is 2.66. The summed E-state index contributed by atoms with van der Waals surface area (Å²) in [5.41, 5.74) is 2.41. The number of ether oxygens (including phenoxy) is 1.